The number of hydrogen-bond donors (Lipinski definition) is 4. The Morgan fingerprint density at radius 2 is 1.80 bits per heavy atom. The molecule has 0 saturated heterocycles. The lowest BCUT2D eigenvalue weighted by molar-refractivity contribution is -0.394. The molecule has 0 unspecified atom stereocenters. The maximum absolute atomic E-state index is 12.5. The van der Waals surface area contributed by atoms with Gasteiger partial charge in [-0.15, -0.1) is 0 Å². The van der Waals surface area contributed by atoms with Crippen LogP contribution in [0.2, 0.25) is 0 Å². The molecule has 0 spiro atoms. The van der Waals surface area contributed by atoms with Crippen molar-refractivity contribution in [3.8, 4) is 28.7 Å². The molecule has 18 nitrogen and oxygen atoms in total. The van der Waals surface area contributed by atoms with Crippen LogP contribution in [0.3, 0.4) is 0 Å². The molecule has 19 heteroatoms. The van der Waals surface area contributed by atoms with E-state index in [4.69, 9.17) is 23.7 Å². The number of urea groups is 1. The molecule has 3 aromatic carbocycles. The minimum atomic E-state index is -1.28. The average Bonchev–Trinajstić information content (AvgIpc) is 3.08. The highest BCUT2D eigenvalue weighted by atomic mass is 79.9. The van der Waals surface area contributed by atoms with E-state index in [9.17, 15) is 34.9 Å². The molecule has 1 aliphatic heterocycles. The number of aliphatic hydroxyl groups excluding tert-OH is 1. The lowest BCUT2D eigenvalue weighted by Gasteiger charge is -2.28. The molecule has 4 N–H and O–H groups in total. The molecule has 0 fully saturated rings. The van der Waals surface area contributed by atoms with Gasteiger partial charge < -0.3 is 39.4 Å². The number of benzene rings is 3. The fraction of sp³-hybridized carbons (Fsp3) is 0.258. The van der Waals surface area contributed by atoms with E-state index in [1.165, 1.54) is 26.5 Å². The summed E-state index contributed by atoms with van der Waals surface area (Å²) in [7, 11) is 2.59. The van der Waals surface area contributed by atoms with Crippen molar-refractivity contribution in [2.45, 2.75) is 26.1 Å². The number of hydrazone groups is 1. The number of nitro groups is 2. The standard InChI is InChI=1S/C31H31BrN6O12/c1-5-48-24-12-18(28-27(30(40)47-4)16(2)34-31(41)35-28)6-8-23(24)49-15-26(39)36-33-14-17-10-20(32)29(25(11-17)46-3)50-22-9-7-19(37(42)43)13-21(22)38(44)45/h6-14,26,28,36,39H,5,15H2,1-4H3,(H2,34,35,41)/b33-14-/t26-,28-/m0/s1. The quantitative estimate of drug-likeness (QED) is 0.0547. The molecule has 0 saturated carbocycles. The molecule has 0 aromatic heterocycles. The third-order valence-corrected chi connectivity index (χ3v) is 7.51. The van der Waals surface area contributed by atoms with E-state index in [1.807, 2.05) is 0 Å². The number of amides is 2. The molecular weight excluding hydrogens is 728 g/mol. The molecule has 2 amide bonds. The van der Waals surface area contributed by atoms with Crippen molar-refractivity contribution in [2.75, 3.05) is 27.4 Å². The third kappa shape index (κ3) is 8.74. The van der Waals surface area contributed by atoms with E-state index in [1.54, 1.807) is 38.1 Å². The summed E-state index contributed by atoms with van der Waals surface area (Å²) >= 11 is 3.34. The third-order valence-electron chi connectivity index (χ3n) is 6.92. The normalized spacial score (nSPS) is 14.7. The Morgan fingerprint density at radius 3 is 2.46 bits per heavy atom. The fourth-order valence-corrected chi connectivity index (χ4v) is 5.23. The van der Waals surface area contributed by atoms with Crippen molar-refractivity contribution >= 4 is 45.5 Å². The van der Waals surface area contributed by atoms with Gasteiger partial charge in [-0.25, -0.2) is 9.59 Å². The number of carbonyl (C=O) groups is 2. The number of nitro benzene ring substituents is 2. The van der Waals surface area contributed by atoms with Gasteiger partial charge in [0, 0.05) is 11.8 Å². The molecule has 2 atom stereocenters. The van der Waals surface area contributed by atoms with Gasteiger partial charge in [-0.05, 0) is 71.2 Å². The van der Waals surface area contributed by atoms with Gasteiger partial charge in [-0.3, -0.25) is 25.7 Å². The molecule has 0 bridgehead atoms. The zero-order valence-electron chi connectivity index (χ0n) is 26.9. The summed E-state index contributed by atoms with van der Waals surface area (Å²) in [5.74, 6) is -0.0697. The zero-order chi connectivity index (χ0) is 36.5. The molecule has 1 aliphatic rings. The van der Waals surface area contributed by atoms with E-state index in [0.29, 0.717) is 27.0 Å². The van der Waals surface area contributed by atoms with E-state index in [2.05, 4.69) is 37.1 Å². The van der Waals surface area contributed by atoms with Gasteiger partial charge >= 0.3 is 17.7 Å². The first-order valence-electron chi connectivity index (χ1n) is 14.6. The minimum absolute atomic E-state index is 0.0642. The van der Waals surface area contributed by atoms with Crippen LogP contribution in [0.5, 0.6) is 28.7 Å². The predicted molar refractivity (Wildman–Crippen MR) is 179 cm³/mol. The summed E-state index contributed by atoms with van der Waals surface area (Å²) in [4.78, 5) is 45.7. The largest absolute Gasteiger partial charge is 0.493 e. The van der Waals surface area contributed by atoms with Crippen molar-refractivity contribution < 1.29 is 48.2 Å². The molecule has 0 aliphatic carbocycles. The first kappa shape index (κ1) is 36.9. The first-order chi connectivity index (χ1) is 23.9. The summed E-state index contributed by atoms with van der Waals surface area (Å²) in [6.07, 6.45) is 0.0766. The Bertz CT molecular complexity index is 1870. The number of allylic oxidation sites excluding steroid dienone is 1. The monoisotopic (exact) mass is 758 g/mol. The van der Waals surface area contributed by atoms with Gasteiger partial charge in [0.15, 0.2) is 29.2 Å². The first-order valence-corrected chi connectivity index (χ1v) is 15.4. The summed E-state index contributed by atoms with van der Waals surface area (Å²) in [6.45, 7) is 3.37. The van der Waals surface area contributed by atoms with Gasteiger partial charge in [0.2, 0.25) is 5.75 Å². The maximum Gasteiger partial charge on any atom is 0.337 e. The van der Waals surface area contributed by atoms with Crippen LogP contribution in [0, 0.1) is 20.2 Å². The van der Waals surface area contributed by atoms with Gasteiger partial charge in [0.05, 0.1) is 59.0 Å². The summed E-state index contributed by atoms with van der Waals surface area (Å²) in [5.41, 5.74) is 3.01. The highest BCUT2D eigenvalue weighted by Gasteiger charge is 2.32. The van der Waals surface area contributed by atoms with Crippen LogP contribution in [-0.2, 0) is 9.53 Å². The Balaban J connectivity index is 1.44. The summed E-state index contributed by atoms with van der Waals surface area (Å²) in [5, 5.41) is 42.4. The zero-order valence-corrected chi connectivity index (χ0v) is 28.5. The second-order valence-corrected chi connectivity index (χ2v) is 11.1. The number of esters is 1. The van der Waals surface area contributed by atoms with Gasteiger partial charge in [0.25, 0.3) is 5.69 Å². The molecule has 3 aromatic rings. The number of nitrogens with one attached hydrogen (secondary N) is 3. The smallest absolute Gasteiger partial charge is 0.337 e. The van der Waals surface area contributed by atoms with Gasteiger partial charge in [-0.2, -0.15) is 5.10 Å². The lowest BCUT2D eigenvalue weighted by atomic mass is 9.95. The number of aliphatic hydroxyl groups is 1. The number of carbonyl (C=O) groups excluding carboxylic acids is 2. The number of methoxy groups -OCH3 is 2. The van der Waals surface area contributed by atoms with Crippen LogP contribution in [0.1, 0.15) is 31.0 Å². The topological polar surface area (TPSA) is 235 Å². The van der Waals surface area contributed by atoms with Crippen LogP contribution < -0.4 is 35.0 Å². The number of non-ortho nitro benzene ring substituents is 1. The second kappa shape index (κ2) is 16.4. The summed E-state index contributed by atoms with van der Waals surface area (Å²) in [6, 6.07) is 9.58. The molecule has 264 valence electrons. The van der Waals surface area contributed by atoms with Gasteiger partial charge in [-0.1, -0.05) is 6.07 Å². The van der Waals surface area contributed by atoms with Crippen LogP contribution >= 0.6 is 15.9 Å². The molecule has 50 heavy (non-hydrogen) atoms. The Morgan fingerprint density at radius 1 is 1.06 bits per heavy atom. The van der Waals surface area contributed by atoms with Gasteiger partial charge in [0.1, 0.15) is 6.61 Å². The number of ether oxygens (including phenoxy) is 5. The van der Waals surface area contributed by atoms with E-state index >= 15 is 0 Å². The van der Waals surface area contributed by atoms with Crippen molar-refractivity contribution in [2.24, 2.45) is 5.10 Å². The SMILES string of the molecule is CCOc1cc([C@@H]2NC(=O)NC(C)=C2C(=O)OC)ccc1OC[C@H](O)N/N=C\c1cc(Br)c(Oc2ccc([N+](=O)[O-])cc2[N+](=O)[O-])c(OC)c1. The lowest BCUT2D eigenvalue weighted by Crippen LogP contribution is -2.45. The second-order valence-electron chi connectivity index (χ2n) is 10.2. The number of nitrogens with zero attached hydrogens (tertiary/aromatic N) is 3. The van der Waals surface area contributed by atoms with Crippen LogP contribution in [0.4, 0.5) is 16.2 Å². The predicted octanol–water partition coefficient (Wildman–Crippen LogP) is 4.59. The number of hydrogen-bond acceptors (Lipinski definition) is 14. The highest BCUT2D eigenvalue weighted by Crippen LogP contribution is 2.43. The molecule has 4 rings (SSSR count). The fourth-order valence-electron chi connectivity index (χ4n) is 4.69. The van der Waals surface area contributed by atoms with Crippen LogP contribution in [0.15, 0.2) is 69.4 Å². The number of rotatable bonds is 15. The Hall–Kier alpha value is -5.95. The van der Waals surface area contributed by atoms with Crippen LogP contribution in [-0.4, -0.2) is 66.8 Å². The Kier molecular flexibility index (Phi) is 12.1. The highest BCUT2D eigenvalue weighted by molar-refractivity contribution is 9.10. The molecule has 1 heterocycles. The van der Waals surface area contributed by atoms with Crippen molar-refractivity contribution in [1.82, 2.24) is 16.1 Å². The van der Waals surface area contributed by atoms with Crippen molar-refractivity contribution in [3.05, 3.63) is 95.6 Å². The van der Waals surface area contributed by atoms with E-state index in [0.717, 1.165) is 18.2 Å². The molecule has 0 radical (unpaired) electrons. The minimum Gasteiger partial charge on any atom is -0.493 e. The maximum atomic E-state index is 12.5. The Labute approximate surface area is 292 Å². The summed E-state index contributed by atoms with van der Waals surface area (Å²) < 4.78 is 27.8. The molecular formula is C31H31BrN6O12. The van der Waals surface area contributed by atoms with Crippen LogP contribution in [0.25, 0.3) is 0 Å². The van der Waals surface area contributed by atoms with Crippen molar-refractivity contribution in [1.29, 1.82) is 0 Å². The average molecular weight is 760 g/mol. The van der Waals surface area contributed by atoms with E-state index < -0.39 is 45.5 Å². The van der Waals surface area contributed by atoms with E-state index in [-0.39, 0.29) is 41.8 Å². The van der Waals surface area contributed by atoms with Crippen molar-refractivity contribution in [3.63, 3.8) is 0 Å². The number of halogens is 1.